The lowest BCUT2D eigenvalue weighted by Crippen LogP contribution is -2.06. The van der Waals surface area contributed by atoms with Crippen molar-refractivity contribution in [1.82, 2.24) is 4.98 Å². The predicted molar refractivity (Wildman–Crippen MR) is 51.6 cm³/mol. The lowest BCUT2D eigenvalue weighted by atomic mass is 10.1. The molecule has 2 aromatic rings. The lowest BCUT2D eigenvalue weighted by molar-refractivity contribution is 0.168. The van der Waals surface area contributed by atoms with Gasteiger partial charge in [0, 0.05) is 12.6 Å². The highest BCUT2D eigenvalue weighted by molar-refractivity contribution is 5.14. The number of hydrogen-bond acceptors (Lipinski definition) is 3. The summed E-state index contributed by atoms with van der Waals surface area (Å²) < 4.78 is 18.1. The third-order valence-electron chi connectivity index (χ3n) is 2.11. The van der Waals surface area contributed by atoms with Crippen molar-refractivity contribution >= 4 is 0 Å². The van der Waals surface area contributed by atoms with E-state index in [2.05, 4.69) is 4.98 Å². The summed E-state index contributed by atoms with van der Waals surface area (Å²) in [5.74, 6) is -0.492. The molecule has 15 heavy (non-hydrogen) atoms. The van der Waals surface area contributed by atoms with Crippen LogP contribution in [0.2, 0.25) is 0 Å². The highest BCUT2D eigenvalue weighted by Crippen LogP contribution is 2.18. The Morgan fingerprint density at radius 3 is 3.00 bits per heavy atom. The van der Waals surface area contributed by atoms with Gasteiger partial charge in [-0.3, -0.25) is 4.98 Å². The molecule has 4 heteroatoms. The first kappa shape index (κ1) is 9.86. The number of pyridine rings is 1. The van der Waals surface area contributed by atoms with Crippen molar-refractivity contribution < 1.29 is 13.9 Å². The number of halogens is 1. The van der Waals surface area contributed by atoms with Gasteiger partial charge in [-0.1, -0.05) is 0 Å². The summed E-state index contributed by atoms with van der Waals surface area (Å²) in [5.41, 5.74) is 0.881. The van der Waals surface area contributed by atoms with E-state index in [0.717, 1.165) is 5.56 Å². The van der Waals surface area contributed by atoms with Crippen LogP contribution in [0, 0.1) is 5.82 Å². The number of aliphatic hydroxyl groups is 1. The summed E-state index contributed by atoms with van der Waals surface area (Å²) in [4.78, 5) is 3.80. The molecule has 0 saturated heterocycles. The second kappa shape index (κ2) is 4.23. The highest BCUT2D eigenvalue weighted by atomic mass is 19.1. The van der Waals surface area contributed by atoms with E-state index >= 15 is 0 Å². The number of aromatic nitrogens is 1. The topological polar surface area (TPSA) is 46.3 Å². The third-order valence-corrected chi connectivity index (χ3v) is 2.11. The Balaban J connectivity index is 2.15. The van der Waals surface area contributed by atoms with Gasteiger partial charge in [-0.05, 0) is 23.8 Å². The molecular weight excluding hydrogens is 197 g/mol. The fourth-order valence-electron chi connectivity index (χ4n) is 1.37. The maximum atomic E-state index is 13.2. The molecule has 0 aliphatic carbocycles. The maximum Gasteiger partial charge on any atom is 0.147 e. The molecule has 3 nitrogen and oxygen atoms in total. The Hall–Kier alpha value is -1.68. The Kier molecular flexibility index (Phi) is 2.78. The minimum absolute atomic E-state index is 0.0682. The van der Waals surface area contributed by atoms with Crippen LogP contribution >= 0.6 is 0 Å². The average molecular weight is 207 g/mol. The van der Waals surface area contributed by atoms with Crippen LogP contribution in [0.25, 0.3) is 0 Å². The fraction of sp³-hybridized carbons (Fsp3) is 0.182. The van der Waals surface area contributed by atoms with Gasteiger partial charge >= 0.3 is 0 Å². The van der Waals surface area contributed by atoms with E-state index in [1.54, 1.807) is 6.07 Å². The van der Waals surface area contributed by atoms with Gasteiger partial charge in [-0.2, -0.15) is 0 Å². The number of furan rings is 1. The molecule has 0 fully saturated rings. The van der Waals surface area contributed by atoms with Gasteiger partial charge in [-0.15, -0.1) is 0 Å². The lowest BCUT2D eigenvalue weighted by Gasteiger charge is -2.08. The average Bonchev–Trinajstić information content (AvgIpc) is 2.71. The number of hydrogen-bond donors (Lipinski definition) is 1. The van der Waals surface area contributed by atoms with Gasteiger partial charge in [0.15, 0.2) is 0 Å². The molecule has 0 saturated carbocycles. The monoisotopic (exact) mass is 207 g/mol. The molecule has 78 valence electrons. The highest BCUT2D eigenvalue weighted by Gasteiger charge is 2.14. The molecule has 0 aliphatic rings. The molecule has 0 amide bonds. The van der Waals surface area contributed by atoms with Crippen molar-refractivity contribution in [2.45, 2.75) is 12.5 Å². The van der Waals surface area contributed by atoms with Crippen LogP contribution in [0.3, 0.4) is 0 Å². The first-order valence-corrected chi connectivity index (χ1v) is 4.57. The minimum Gasteiger partial charge on any atom is -0.472 e. The van der Waals surface area contributed by atoms with Crippen LogP contribution in [0.4, 0.5) is 4.39 Å². The summed E-state index contributed by atoms with van der Waals surface area (Å²) in [6.07, 6.45) is 3.84. The second-order valence-electron chi connectivity index (χ2n) is 3.22. The molecule has 1 atom stereocenters. The number of aliphatic hydroxyl groups excluding tert-OH is 1. The third kappa shape index (κ3) is 2.22. The van der Waals surface area contributed by atoms with E-state index < -0.39 is 11.9 Å². The fourth-order valence-corrected chi connectivity index (χ4v) is 1.37. The SMILES string of the molecule is OC(Cc1ccoc1)c1ncccc1F. The van der Waals surface area contributed by atoms with Crippen LogP contribution < -0.4 is 0 Å². The Morgan fingerprint density at radius 2 is 2.33 bits per heavy atom. The van der Waals surface area contributed by atoms with Crippen LogP contribution in [0.1, 0.15) is 17.4 Å². The van der Waals surface area contributed by atoms with E-state index in [1.807, 2.05) is 0 Å². The molecule has 1 N–H and O–H groups in total. The van der Waals surface area contributed by atoms with Gasteiger partial charge in [0.25, 0.3) is 0 Å². The molecule has 1 unspecified atom stereocenters. The summed E-state index contributed by atoms with van der Waals surface area (Å²) >= 11 is 0. The Morgan fingerprint density at radius 1 is 1.47 bits per heavy atom. The van der Waals surface area contributed by atoms with E-state index in [9.17, 15) is 9.50 Å². The molecule has 2 rings (SSSR count). The number of nitrogens with zero attached hydrogens (tertiary/aromatic N) is 1. The largest absolute Gasteiger partial charge is 0.472 e. The van der Waals surface area contributed by atoms with E-state index in [4.69, 9.17) is 4.42 Å². The molecule has 0 aromatic carbocycles. The summed E-state index contributed by atoms with van der Waals surface area (Å²) in [6.45, 7) is 0. The van der Waals surface area contributed by atoms with Gasteiger partial charge in [0.1, 0.15) is 17.6 Å². The normalized spacial score (nSPS) is 12.7. The van der Waals surface area contributed by atoms with Crippen molar-refractivity contribution in [3.8, 4) is 0 Å². The van der Waals surface area contributed by atoms with Crippen molar-refractivity contribution in [1.29, 1.82) is 0 Å². The second-order valence-corrected chi connectivity index (χ2v) is 3.22. The van der Waals surface area contributed by atoms with Gasteiger partial charge in [0.05, 0.1) is 12.5 Å². The van der Waals surface area contributed by atoms with Crippen LogP contribution in [0.15, 0.2) is 41.3 Å². The summed E-state index contributed by atoms with van der Waals surface area (Å²) in [6, 6.07) is 4.49. The molecule has 2 heterocycles. The summed E-state index contributed by atoms with van der Waals surface area (Å²) in [5, 5.41) is 9.73. The molecule has 0 aliphatic heterocycles. The quantitative estimate of drug-likeness (QED) is 0.838. The molecule has 0 bridgehead atoms. The predicted octanol–water partition coefficient (Wildman–Crippen LogP) is 2.09. The van der Waals surface area contributed by atoms with Crippen molar-refractivity contribution in [2.24, 2.45) is 0 Å². The van der Waals surface area contributed by atoms with Crippen LogP contribution in [-0.4, -0.2) is 10.1 Å². The maximum absolute atomic E-state index is 13.2. The smallest absolute Gasteiger partial charge is 0.147 e. The van der Waals surface area contributed by atoms with E-state index in [0.29, 0.717) is 6.42 Å². The van der Waals surface area contributed by atoms with E-state index in [-0.39, 0.29) is 5.69 Å². The zero-order valence-electron chi connectivity index (χ0n) is 7.93. The molecule has 0 radical (unpaired) electrons. The molecular formula is C11H10FNO2. The van der Waals surface area contributed by atoms with Crippen molar-refractivity contribution in [2.75, 3.05) is 0 Å². The Bertz CT molecular complexity index is 428. The van der Waals surface area contributed by atoms with Crippen LogP contribution in [-0.2, 0) is 6.42 Å². The zero-order chi connectivity index (χ0) is 10.7. The van der Waals surface area contributed by atoms with Crippen molar-refractivity contribution in [3.05, 3.63) is 54.0 Å². The van der Waals surface area contributed by atoms with Gasteiger partial charge in [-0.25, -0.2) is 4.39 Å². The van der Waals surface area contributed by atoms with Gasteiger partial charge < -0.3 is 9.52 Å². The van der Waals surface area contributed by atoms with Gasteiger partial charge in [0.2, 0.25) is 0 Å². The van der Waals surface area contributed by atoms with Crippen molar-refractivity contribution in [3.63, 3.8) is 0 Å². The summed E-state index contributed by atoms with van der Waals surface area (Å²) in [7, 11) is 0. The molecule has 2 aromatic heterocycles. The first-order chi connectivity index (χ1) is 7.27. The molecule has 0 spiro atoms. The first-order valence-electron chi connectivity index (χ1n) is 4.57. The van der Waals surface area contributed by atoms with E-state index in [1.165, 1.54) is 30.9 Å². The minimum atomic E-state index is -0.941. The number of rotatable bonds is 3. The zero-order valence-corrected chi connectivity index (χ0v) is 7.93. The Labute approximate surface area is 86.2 Å². The van der Waals surface area contributed by atoms with Crippen LogP contribution in [0.5, 0.6) is 0 Å². The standard InChI is InChI=1S/C11H10FNO2/c12-9-2-1-4-13-11(9)10(14)6-8-3-5-15-7-8/h1-5,7,10,14H,6H2.